The number of carboxylic acid groups (broad SMARTS) is 1. The molecule has 0 atom stereocenters. The average Bonchev–Trinajstić information content (AvgIpc) is 2.03. The minimum Gasteiger partial charge on any atom is -0.481 e. The van der Waals surface area contributed by atoms with Crippen LogP contribution >= 0.6 is 0 Å². The summed E-state index contributed by atoms with van der Waals surface area (Å²) in [4.78, 5) is 11.0. The third-order valence-corrected chi connectivity index (χ3v) is 3.51. The van der Waals surface area contributed by atoms with Crippen molar-refractivity contribution in [1.82, 2.24) is 0 Å². The molecular weight excluding hydrogens is 176 g/mol. The van der Waals surface area contributed by atoms with Gasteiger partial charge in [0.2, 0.25) is 0 Å². The molecule has 1 saturated carbocycles. The monoisotopic (exact) mass is 198 g/mol. The molecule has 0 amide bonds. The lowest BCUT2D eigenvalue weighted by Gasteiger charge is -2.38. The van der Waals surface area contributed by atoms with E-state index in [4.69, 9.17) is 5.11 Å². The molecule has 1 aliphatic rings. The lowest BCUT2D eigenvalue weighted by atomic mass is 9.67. The lowest BCUT2D eigenvalue weighted by molar-refractivity contribution is -0.149. The minimum absolute atomic E-state index is 0.264. The van der Waals surface area contributed by atoms with E-state index < -0.39 is 11.4 Å². The molecule has 14 heavy (non-hydrogen) atoms. The molecule has 0 heterocycles. The zero-order valence-corrected chi connectivity index (χ0v) is 9.60. The predicted molar refractivity (Wildman–Crippen MR) is 57.2 cm³/mol. The molecule has 1 fully saturated rings. The fraction of sp³-hybridized carbons (Fsp3) is 0.917. The molecule has 82 valence electrons. The third kappa shape index (κ3) is 2.73. The van der Waals surface area contributed by atoms with Crippen molar-refractivity contribution in [1.29, 1.82) is 0 Å². The average molecular weight is 198 g/mol. The Morgan fingerprint density at radius 3 is 2.21 bits per heavy atom. The molecule has 1 rings (SSSR count). The maximum Gasteiger partial charge on any atom is 0.309 e. The van der Waals surface area contributed by atoms with Gasteiger partial charge in [-0.25, -0.2) is 0 Å². The predicted octanol–water partition coefficient (Wildman–Crippen LogP) is 3.46. The van der Waals surface area contributed by atoms with Gasteiger partial charge in [0.15, 0.2) is 0 Å². The molecule has 0 radical (unpaired) electrons. The number of carboxylic acids is 1. The molecule has 0 saturated heterocycles. The summed E-state index contributed by atoms with van der Waals surface area (Å²) in [7, 11) is 0. The normalized spacial score (nSPS) is 21.9. The molecule has 2 heteroatoms. The summed E-state index contributed by atoms with van der Waals surface area (Å²) in [6, 6.07) is 0. The maximum absolute atomic E-state index is 11.0. The number of hydrogen-bond donors (Lipinski definition) is 1. The van der Waals surface area contributed by atoms with Crippen LogP contribution in [0.3, 0.4) is 0 Å². The summed E-state index contributed by atoms with van der Waals surface area (Å²) in [5.41, 5.74) is -0.299. The SMILES string of the molecule is CC1(CC(C)(C)C(=O)O)CCCCC1. The molecule has 1 N–H and O–H groups in total. The van der Waals surface area contributed by atoms with Crippen LogP contribution in [0.15, 0.2) is 0 Å². The van der Waals surface area contributed by atoms with Gasteiger partial charge in [0.25, 0.3) is 0 Å². The van der Waals surface area contributed by atoms with Crippen LogP contribution in [-0.4, -0.2) is 11.1 Å². The Bertz CT molecular complexity index is 212. The van der Waals surface area contributed by atoms with E-state index in [0.717, 1.165) is 6.42 Å². The highest BCUT2D eigenvalue weighted by Crippen LogP contribution is 2.44. The summed E-state index contributed by atoms with van der Waals surface area (Å²) < 4.78 is 0. The van der Waals surface area contributed by atoms with Gasteiger partial charge in [0.05, 0.1) is 5.41 Å². The van der Waals surface area contributed by atoms with Gasteiger partial charge in [-0.2, -0.15) is 0 Å². The number of carbonyl (C=O) groups is 1. The van der Waals surface area contributed by atoms with E-state index >= 15 is 0 Å². The van der Waals surface area contributed by atoms with Gasteiger partial charge in [-0.05, 0) is 38.5 Å². The van der Waals surface area contributed by atoms with Crippen LogP contribution < -0.4 is 0 Å². The summed E-state index contributed by atoms with van der Waals surface area (Å²) in [6.45, 7) is 5.93. The van der Waals surface area contributed by atoms with Crippen LogP contribution in [0.1, 0.15) is 59.3 Å². The fourth-order valence-corrected chi connectivity index (χ4v) is 2.72. The zero-order chi connectivity index (χ0) is 10.8. The minimum atomic E-state index is -0.663. The van der Waals surface area contributed by atoms with Crippen molar-refractivity contribution in [3.05, 3.63) is 0 Å². The van der Waals surface area contributed by atoms with Gasteiger partial charge in [0, 0.05) is 0 Å². The first-order valence-electron chi connectivity index (χ1n) is 5.59. The van der Waals surface area contributed by atoms with Crippen molar-refractivity contribution >= 4 is 5.97 Å². The second kappa shape index (κ2) is 3.92. The largest absolute Gasteiger partial charge is 0.481 e. The highest BCUT2D eigenvalue weighted by molar-refractivity contribution is 5.73. The third-order valence-electron chi connectivity index (χ3n) is 3.51. The highest BCUT2D eigenvalue weighted by atomic mass is 16.4. The van der Waals surface area contributed by atoms with Gasteiger partial charge in [-0.3, -0.25) is 4.79 Å². The van der Waals surface area contributed by atoms with E-state index in [9.17, 15) is 4.79 Å². The van der Waals surface area contributed by atoms with E-state index in [-0.39, 0.29) is 5.41 Å². The highest BCUT2D eigenvalue weighted by Gasteiger charge is 2.37. The Labute approximate surface area is 86.7 Å². The van der Waals surface area contributed by atoms with Crippen molar-refractivity contribution in [3.8, 4) is 0 Å². The first kappa shape index (κ1) is 11.5. The zero-order valence-electron chi connectivity index (χ0n) is 9.60. The lowest BCUT2D eigenvalue weighted by Crippen LogP contribution is -2.33. The van der Waals surface area contributed by atoms with Gasteiger partial charge in [0.1, 0.15) is 0 Å². The van der Waals surface area contributed by atoms with Crippen LogP contribution in [0.2, 0.25) is 0 Å². The topological polar surface area (TPSA) is 37.3 Å². The van der Waals surface area contributed by atoms with Gasteiger partial charge in [-0.15, -0.1) is 0 Å². The number of rotatable bonds is 3. The first-order valence-corrected chi connectivity index (χ1v) is 5.59. The van der Waals surface area contributed by atoms with Gasteiger partial charge in [-0.1, -0.05) is 26.2 Å². The van der Waals surface area contributed by atoms with E-state index in [1.54, 1.807) is 0 Å². The molecule has 2 nitrogen and oxygen atoms in total. The standard InChI is InChI=1S/C12H22O2/c1-11(2,10(13)14)9-12(3)7-5-4-6-8-12/h4-9H2,1-3H3,(H,13,14). The molecule has 0 unspecified atom stereocenters. The van der Waals surface area contributed by atoms with Crippen LogP contribution in [0, 0.1) is 10.8 Å². The number of hydrogen-bond acceptors (Lipinski definition) is 1. The van der Waals surface area contributed by atoms with E-state index in [1.165, 1.54) is 32.1 Å². The van der Waals surface area contributed by atoms with Crippen molar-refractivity contribution < 1.29 is 9.90 Å². The summed E-state index contributed by atoms with van der Waals surface area (Å²) in [6.07, 6.45) is 7.07. The van der Waals surface area contributed by atoms with Crippen molar-refractivity contribution in [3.63, 3.8) is 0 Å². The molecule has 0 aliphatic heterocycles. The Kier molecular flexibility index (Phi) is 3.23. The summed E-state index contributed by atoms with van der Waals surface area (Å²) >= 11 is 0. The Morgan fingerprint density at radius 1 is 1.29 bits per heavy atom. The molecule has 0 bridgehead atoms. The van der Waals surface area contributed by atoms with Crippen molar-refractivity contribution in [2.75, 3.05) is 0 Å². The Morgan fingerprint density at radius 2 is 1.79 bits per heavy atom. The van der Waals surface area contributed by atoms with E-state index in [1.807, 2.05) is 13.8 Å². The van der Waals surface area contributed by atoms with Crippen LogP contribution in [0.25, 0.3) is 0 Å². The second-order valence-electron chi connectivity index (χ2n) is 5.74. The quantitative estimate of drug-likeness (QED) is 0.754. The molecule has 0 aromatic carbocycles. The first-order chi connectivity index (χ1) is 6.36. The van der Waals surface area contributed by atoms with Crippen LogP contribution in [0.5, 0.6) is 0 Å². The van der Waals surface area contributed by atoms with Gasteiger partial charge < -0.3 is 5.11 Å². The molecular formula is C12H22O2. The van der Waals surface area contributed by atoms with E-state index in [2.05, 4.69) is 6.92 Å². The molecule has 0 spiro atoms. The smallest absolute Gasteiger partial charge is 0.309 e. The molecule has 1 aliphatic carbocycles. The summed E-state index contributed by atoms with van der Waals surface area (Å²) in [5, 5.41) is 9.09. The summed E-state index contributed by atoms with van der Waals surface area (Å²) in [5.74, 6) is -0.663. The Balaban J connectivity index is 2.61. The van der Waals surface area contributed by atoms with Crippen LogP contribution in [0.4, 0.5) is 0 Å². The fourth-order valence-electron chi connectivity index (χ4n) is 2.72. The second-order valence-corrected chi connectivity index (χ2v) is 5.74. The molecule has 0 aromatic rings. The van der Waals surface area contributed by atoms with Crippen molar-refractivity contribution in [2.45, 2.75) is 59.3 Å². The van der Waals surface area contributed by atoms with Crippen LogP contribution in [-0.2, 0) is 4.79 Å². The Hall–Kier alpha value is -0.530. The van der Waals surface area contributed by atoms with Crippen molar-refractivity contribution in [2.24, 2.45) is 10.8 Å². The van der Waals surface area contributed by atoms with Gasteiger partial charge >= 0.3 is 5.97 Å². The maximum atomic E-state index is 11.0. The number of aliphatic carboxylic acids is 1. The van der Waals surface area contributed by atoms with E-state index in [0.29, 0.717) is 0 Å². The molecule has 0 aromatic heterocycles.